The van der Waals surface area contributed by atoms with Crippen LogP contribution in [0.25, 0.3) is 0 Å². The number of aromatic nitrogens is 1. The molecule has 4 nitrogen and oxygen atoms in total. The van der Waals surface area contributed by atoms with Crippen molar-refractivity contribution in [1.29, 1.82) is 0 Å². The summed E-state index contributed by atoms with van der Waals surface area (Å²) in [5.74, 6) is 0.507. The van der Waals surface area contributed by atoms with Gasteiger partial charge in [0.05, 0.1) is 0 Å². The van der Waals surface area contributed by atoms with Crippen molar-refractivity contribution in [3.63, 3.8) is 0 Å². The number of amides is 1. The zero-order valence-electron chi connectivity index (χ0n) is 10.4. The number of carbonyl (C=O) groups is 1. The number of carbonyl (C=O) groups excluding carboxylic acids is 1. The van der Waals surface area contributed by atoms with Gasteiger partial charge in [-0.2, -0.15) is 0 Å². The molecule has 0 radical (unpaired) electrons. The zero-order valence-corrected chi connectivity index (χ0v) is 12.1. The van der Waals surface area contributed by atoms with E-state index in [9.17, 15) is 4.79 Å². The molecule has 6 heteroatoms. The molecule has 1 rings (SSSR count). The van der Waals surface area contributed by atoms with Crippen molar-refractivity contribution in [3.05, 3.63) is 11.1 Å². The number of nitrogens with one attached hydrogen (secondary N) is 2. The second kappa shape index (κ2) is 8.44. The Hall–Kier alpha value is -0.650. The van der Waals surface area contributed by atoms with E-state index in [1.54, 1.807) is 11.3 Å². The number of hydrogen-bond acceptors (Lipinski definition) is 4. The molecule has 98 valence electrons. The maximum absolute atomic E-state index is 11.5. The van der Waals surface area contributed by atoms with Crippen LogP contribution in [0.5, 0.6) is 0 Å². The van der Waals surface area contributed by atoms with Crippen LogP contribution in [0.3, 0.4) is 0 Å². The number of halogens is 1. The summed E-state index contributed by atoms with van der Waals surface area (Å²) in [6.07, 6.45) is 3.22. The average molecular weight is 278 g/mol. The fraction of sp³-hybridized carbons (Fsp3) is 0.636. The van der Waals surface area contributed by atoms with Gasteiger partial charge in [0, 0.05) is 17.5 Å². The minimum absolute atomic E-state index is 0. The molecule has 1 aromatic rings. The van der Waals surface area contributed by atoms with Crippen molar-refractivity contribution >= 4 is 34.8 Å². The maximum atomic E-state index is 11.5. The van der Waals surface area contributed by atoms with E-state index in [-0.39, 0.29) is 18.3 Å². The first-order valence-corrected chi connectivity index (χ1v) is 6.35. The average Bonchev–Trinajstić information content (AvgIpc) is 2.66. The predicted molar refractivity (Wildman–Crippen MR) is 75.2 cm³/mol. The highest BCUT2D eigenvalue weighted by Gasteiger charge is 2.08. The van der Waals surface area contributed by atoms with E-state index in [0.29, 0.717) is 17.5 Å². The van der Waals surface area contributed by atoms with Gasteiger partial charge < -0.3 is 10.6 Å². The third-order valence-electron chi connectivity index (χ3n) is 2.17. The first-order valence-electron chi connectivity index (χ1n) is 5.53. The van der Waals surface area contributed by atoms with Crippen molar-refractivity contribution < 1.29 is 4.79 Å². The van der Waals surface area contributed by atoms with E-state index in [0.717, 1.165) is 13.0 Å². The van der Waals surface area contributed by atoms with E-state index in [1.807, 2.05) is 13.2 Å². The standard InChI is InChI=1S/C11H19N3OS.ClH/c1-8(2)9-7-13-11(16-9)14-10(15)5-4-6-12-3;/h7-8,12H,4-6H2,1-3H3,(H,13,14,15);1H. The molecule has 0 fully saturated rings. The summed E-state index contributed by atoms with van der Waals surface area (Å²) in [5.41, 5.74) is 0. The Bertz CT molecular complexity index is 341. The van der Waals surface area contributed by atoms with Crippen LogP contribution in [-0.2, 0) is 4.79 Å². The lowest BCUT2D eigenvalue weighted by atomic mass is 10.2. The van der Waals surface area contributed by atoms with Crippen LogP contribution in [-0.4, -0.2) is 24.5 Å². The highest BCUT2D eigenvalue weighted by atomic mass is 35.5. The van der Waals surface area contributed by atoms with Gasteiger partial charge in [0.2, 0.25) is 5.91 Å². The van der Waals surface area contributed by atoms with Gasteiger partial charge in [-0.1, -0.05) is 13.8 Å². The zero-order chi connectivity index (χ0) is 12.0. The van der Waals surface area contributed by atoms with Crippen LogP contribution in [0.1, 0.15) is 37.5 Å². The van der Waals surface area contributed by atoms with Gasteiger partial charge in [0.25, 0.3) is 0 Å². The summed E-state index contributed by atoms with van der Waals surface area (Å²) in [6.45, 7) is 5.10. The van der Waals surface area contributed by atoms with E-state index in [1.165, 1.54) is 4.88 Å². The van der Waals surface area contributed by atoms with Gasteiger partial charge in [-0.25, -0.2) is 4.98 Å². The molecule has 2 N–H and O–H groups in total. The van der Waals surface area contributed by atoms with Gasteiger partial charge in [-0.05, 0) is 25.9 Å². The minimum Gasteiger partial charge on any atom is -0.320 e. The van der Waals surface area contributed by atoms with Crippen LogP contribution in [0, 0.1) is 0 Å². The second-order valence-electron chi connectivity index (χ2n) is 3.98. The Morgan fingerprint density at radius 2 is 2.24 bits per heavy atom. The minimum atomic E-state index is 0. The smallest absolute Gasteiger partial charge is 0.226 e. The molecule has 17 heavy (non-hydrogen) atoms. The van der Waals surface area contributed by atoms with Crippen molar-refractivity contribution in [1.82, 2.24) is 10.3 Å². The lowest BCUT2D eigenvalue weighted by molar-refractivity contribution is -0.116. The monoisotopic (exact) mass is 277 g/mol. The molecule has 0 saturated heterocycles. The molecule has 1 heterocycles. The highest BCUT2D eigenvalue weighted by Crippen LogP contribution is 2.25. The van der Waals surface area contributed by atoms with Crippen LogP contribution in [0.4, 0.5) is 5.13 Å². The fourth-order valence-electron chi connectivity index (χ4n) is 1.22. The van der Waals surface area contributed by atoms with Crippen LogP contribution < -0.4 is 10.6 Å². The van der Waals surface area contributed by atoms with Crippen LogP contribution in [0.15, 0.2) is 6.20 Å². The summed E-state index contributed by atoms with van der Waals surface area (Å²) in [4.78, 5) is 16.9. The normalized spacial score (nSPS) is 10.1. The molecule has 0 bridgehead atoms. The van der Waals surface area contributed by atoms with Gasteiger partial charge >= 0.3 is 0 Å². The molecule has 0 saturated carbocycles. The fourth-order valence-corrected chi connectivity index (χ4v) is 2.05. The van der Waals surface area contributed by atoms with E-state index < -0.39 is 0 Å². The summed E-state index contributed by atoms with van der Waals surface area (Å²) in [6, 6.07) is 0. The molecule has 0 aliphatic heterocycles. The van der Waals surface area contributed by atoms with E-state index in [4.69, 9.17) is 0 Å². The van der Waals surface area contributed by atoms with Gasteiger partial charge in [0.15, 0.2) is 5.13 Å². The van der Waals surface area contributed by atoms with Gasteiger partial charge in [-0.15, -0.1) is 23.7 Å². The molecule has 1 aromatic heterocycles. The van der Waals surface area contributed by atoms with Gasteiger partial charge in [-0.3, -0.25) is 4.79 Å². The highest BCUT2D eigenvalue weighted by molar-refractivity contribution is 7.15. The molecule has 0 atom stereocenters. The summed E-state index contributed by atoms with van der Waals surface area (Å²) < 4.78 is 0. The number of thiazole rings is 1. The number of nitrogens with zero attached hydrogens (tertiary/aromatic N) is 1. The van der Waals surface area contributed by atoms with Crippen molar-refractivity contribution in [2.75, 3.05) is 18.9 Å². The van der Waals surface area contributed by atoms with Crippen LogP contribution >= 0.6 is 23.7 Å². The SMILES string of the molecule is CNCCCC(=O)Nc1ncc(C(C)C)s1.Cl. The first-order chi connectivity index (χ1) is 7.63. The quantitative estimate of drug-likeness (QED) is 0.786. The molecule has 0 aliphatic carbocycles. The van der Waals surface area contributed by atoms with Crippen molar-refractivity contribution in [3.8, 4) is 0 Å². The van der Waals surface area contributed by atoms with E-state index in [2.05, 4.69) is 29.5 Å². The molecule has 0 spiro atoms. The summed E-state index contributed by atoms with van der Waals surface area (Å²) in [5, 5.41) is 6.54. The number of rotatable bonds is 6. The number of anilines is 1. The molecular formula is C11H20ClN3OS. The lowest BCUT2D eigenvalue weighted by Crippen LogP contribution is -2.15. The lowest BCUT2D eigenvalue weighted by Gasteiger charge is -2.01. The first kappa shape index (κ1) is 16.4. The Balaban J connectivity index is 0.00000256. The maximum Gasteiger partial charge on any atom is 0.226 e. The van der Waals surface area contributed by atoms with Gasteiger partial charge in [0.1, 0.15) is 0 Å². The van der Waals surface area contributed by atoms with Crippen molar-refractivity contribution in [2.24, 2.45) is 0 Å². The molecule has 0 aliphatic rings. The third kappa shape index (κ3) is 6.00. The molecule has 0 aromatic carbocycles. The summed E-state index contributed by atoms with van der Waals surface area (Å²) in [7, 11) is 1.88. The topological polar surface area (TPSA) is 54.0 Å². The van der Waals surface area contributed by atoms with Crippen LogP contribution in [0.2, 0.25) is 0 Å². The Morgan fingerprint density at radius 1 is 1.53 bits per heavy atom. The Labute approximate surface area is 113 Å². The second-order valence-corrected chi connectivity index (χ2v) is 5.04. The Kier molecular flexibility index (Phi) is 8.12. The molecule has 0 unspecified atom stereocenters. The Morgan fingerprint density at radius 3 is 2.76 bits per heavy atom. The predicted octanol–water partition coefficient (Wildman–Crippen LogP) is 2.63. The largest absolute Gasteiger partial charge is 0.320 e. The molecular weight excluding hydrogens is 258 g/mol. The summed E-state index contributed by atoms with van der Waals surface area (Å²) >= 11 is 1.55. The molecule has 1 amide bonds. The third-order valence-corrected chi connectivity index (χ3v) is 3.38. The van der Waals surface area contributed by atoms with E-state index >= 15 is 0 Å². The number of hydrogen-bond donors (Lipinski definition) is 2. The van der Waals surface area contributed by atoms with Crippen molar-refractivity contribution in [2.45, 2.75) is 32.6 Å².